The Bertz CT molecular complexity index is 974. The SMILES string of the molecule is I.NS(=O)(=O)c1ccc(CN=C(NCc2ccc([N+](=O)[O-])cc2)NC2CC2)cc1. The fourth-order valence-electron chi connectivity index (χ4n) is 2.45. The Balaban J connectivity index is 0.00000300. The molecule has 0 atom stereocenters. The second kappa shape index (κ2) is 9.98. The Kier molecular flexibility index (Phi) is 7.93. The van der Waals surface area contributed by atoms with E-state index in [4.69, 9.17) is 5.14 Å². The fourth-order valence-corrected chi connectivity index (χ4v) is 2.97. The number of primary sulfonamides is 1. The smallest absolute Gasteiger partial charge is 0.269 e. The molecule has 4 N–H and O–H groups in total. The molecule has 3 rings (SSSR count). The van der Waals surface area contributed by atoms with Crippen LogP contribution in [0.4, 0.5) is 5.69 Å². The average molecular weight is 531 g/mol. The van der Waals surface area contributed by atoms with Crippen LogP contribution in [0.2, 0.25) is 0 Å². The lowest BCUT2D eigenvalue weighted by atomic mass is 10.2. The summed E-state index contributed by atoms with van der Waals surface area (Å²) in [6.07, 6.45) is 2.17. The molecule has 0 radical (unpaired) electrons. The Morgan fingerprint density at radius 2 is 1.69 bits per heavy atom. The number of rotatable bonds is 7. The number of hydrogen-bond donors (Lipinski definition) is 3. The maximum absolute atomic E-state index is 11.3. The van der Waals surface area contributed by atoms with Crippen LogP contribution in [-0.2, 0) is 23.1 Å². The first-order valence-corrected chi connectivity index (χ1v) is 10.3. The first-order chi connectivity index (χ1) is 13.3. The van der Waals surface area contributed by atoms with E-state index in [-0.39, 0.29) is 34.6 Å². The van der Waals surface area contributed by atoms with Crippen LogP contribution in [0.25, 0.3) is 0 Å². The number of hydrogen-bond acceptors (Lipinski definition) is 5. The standard InChI is InChI=1S/C18H21N5O4S.HI/c19-28(26,27)17-9-3-14(4-10-17)12-21-18(22-15-5-6-15)20-11-13-1-7-16(8-2-13)23(24)25;/h1-4,7-10,15H,5-6,11-12H2,(H2,19,26,27)(H2,20,21,22);1H. The molecule has 156 valence electrons. The van der Waals surface area contributed by atoms with Crippen molar-refractivity contribution in [3.05, 3.63) is 69.8 Å². The summed E-state index contributed by atoms with van der Waals surface area (Å²) in [5, 5.41) is 22.3. The highest BCUT2D eigenvalue weighted by atomic mass is 127. The van der Waals surface area contributed by atoms with E-state index in [9.17, 15) is 18.5 Å². The molecule has 2 aromatic rings. The molecule has 1 aliphatic carbocycles. The quantitative estimate of drug-likeness (QED) is 0.165. The van der Waals surface area contributed by atoms with E-state index >= 15 is 0 Å². The van der Waals surface area contributed by atoms with Gasteiger partial charge < -0.3 is 10.6 Å². The van der Waals surface area contributed by atoms with Crippen LogP contribution >= 0.6 is 24.0 Å². The number of sulfonamides is 1. The van der Waals surface area contributed by atoms with E-state index < -0.39 is 14.9 Å². The van der Waals surface area contributed by atoms with Crippen LogP contribution in [0.5, 0.6) is 0 Å². The van der Waals surface area contributed by atoms with Crippen molar-refractivity contribution in [3.63, 3.8) is 0 Å². The number of non-ortho nitro benzene ring substituents is 1. The molecule has 11 heteroatoms. The van der Waals surface area contributed by atoms with Crippen LogP contribution in [0.1, 0.15) is 24.0 Å². The van der Waals surface area contributed by atoms with Gasteiger partial charge in [-0.05, 0) is 36.1 Å². The molecule has 0 aliphatic heterocycles. The van der Waals surface area contributed by atoms with Gasteiger partial charge in [0.25, 0.3) is 5.69 Å². The Labute approximate surface area is 186 Å². The van der Waals surface area contributed by atoms with E-state index in [0.717, 1.165) is 24.0 Å². The fraction of sp³-hybridized carbons (Fsp3) is 0.278. The van der Waals surface area contributed by atoms with Gasteiger partial charge in [-0.15, -0.1) is 24.0 Å². The molecule has 0 bridgehead atoms. The van der Waals surface area contributed by atoms with Gasteiger partial charge in [-0.3, -0.25) is 10.1 Å². The lowest BCUT2D eigenvalue weighted by molar-refractivity contribution is -0.384. The van der Waals surface area contributed by atoms with E-state index in [2.05, 4.69) is 15.6 Å². The van der Waals surface area contributed by atoms with Crippen molar-refractivity contribution in [1.29, 1.82) is 0 Å². The zero-order valence-electron chi connectivity index (χ0n) is 15.4. The van der Waals surface area contributed by atoms with Crippen LogP contribution in [0.3, 0.4) is 0 Å². The van der Waals surface area contributed by atoms with E-state index in [0.29, 0.717) is 25.1 Å². The summed E-state index contributed by atoms with van der Waals surface area (Å²) >= 11 is 0. The number of guanidine groups is 1. The first-order valence-electron chi connectivity index (χ1n) is 8.71. The third-order valence-electron chi connectivity index (χ3n) is 4.20. The minimum absolute atomic E-state index is 0. The molecule has 1 aliphatic rings. The Morgan fingerprint density at radius 1 is 1.10 bits per heavy atom. The molecule has 0 unspecified atom stereocenters. The highest BCUT2D eigenvalue weighted by Gasteiger charge is 2.22. The zero-order valence-corrected chi connectivity index (χ0v) is 18.6. The second-order valence-electron chi connectivity index (χ2n) is 6.55. The average Bonchev–Trinajstić information content (AvgIpc) is 3.48. The van der Waals surface area contributed by atoms with Gasteiger partial charge in [-0.1, -0.05) is 24.3 Å². The molecule has 2 aromatic carbocycles. The Morgan fingerprint density at radius 3 is 2.21 bits per heavy atom. The normalized spacial score (nSPS) is 14.0. The van der Waals surface area contributed by atoms with Crippen molar-refractivity contribution in [3.8, 4) is 0 Å². The number of nitro benzene ring substituents is 1. The third-order valence-corrected chi connectivity index (χ3v) is 5.13. The molecule has 0 saturated heterocycles. The third kappa shape index (κ3) is 7.25. The van der Waals surface area contributed by atoms with Gasteiger partial charge in [0.1, 0.15) is 0 Å². The number of nitrogens with two attached hydrogens (primary N) is 1. The number of benzene rings is 2. The van der Waals surface area contributed by atoms with Gasteiger partial charge >= 0.3 is 0 Å². The monoisotopic (exact) mass is 531 g/mol. The molecule has 1 saturated carbocycles. The summed E-state index contributed by atoms with van der Waals surface area (Å²) < 4.78 is 22.6. The van der Waals surface area contributed by atoms with Crippen molar-refractivity contribution in [2.45, 2.75) is 36.9 Å². The number of nitro groups is 1. The minimum Gasteiger partial charge on any atom is -0.354 e. The predicted octanol–water partition coefficient (Wildman–Crippen LogP) is 2.26. The summed E-state index contributed by atoms with van der Waals surface area (Å²) in [6.45, 7) is 0.841. The van der Waals surface area contributed by atoms with Crippen molar-refractivity contribution in [2.24, 2.45) is 10.1 Å². The summed E-state index contributed by atoms with van der Waals surface area (Å²) in [5.41, 5.74) is 1.80. The van der Waals surface area contributed by atoms with Crippen LogP contribution in [-0.4, -0.2) is 25.3 Å². The van der Waals surface area contributed by atoms with Crippen molar-refractivity contribution < 1.29 is 13.3 Å². The van der Waals surface area contributed by atoms with Gasteiger partial charge in [0, 0.05) is 24.7 Å². The molecule has 9 nitrogen and oxygen atoms in total. The Hall–Kier alpha value is -2.25. The minimum atomic E-state index is -3.71. The molecule has 0 amide bonds. The van der Waals surface area contributed by atoms with Crippen LogP contribution in [0.15, 0.2) is 58.4 Å². The molecule has 0 aromatic heterocycles. The second-order valence-corrected chi connectivity index (χ2v) is 8.11. The topological polar surface area (TPSA) is 140 Å². The number of nitrogens with one attached hydrogen (secondary N) is 2. The lowest BCUT2D eigenvalue weighted by Crippen LogP contribution is -2.38. The van der Waals surface area contributed by atoms with Crippen LogP contribution < -0.4 is 15.8 Å². The van der Waals surface area contributed by atoms with Gasteiger partial charge in [-0.2, -0.15) is 0 Å². The number of nitrogens with zero attached hydrogens (tertiary/aromatic N) is 2. The number of aliphatic imine (C=N–C) groups is 1. The van der Waals surface area contributed by atoms with Gasteiger partial charge in [0.15, 0.2) is 5.96 Å². The maximum Gasteiger partial charge on any atom is 0.269 e. The van der Waals surface area contributed by atoms with Crippen molar-refractivity contribution in [2.75, 3.05) is 0 Å². The number of halogens is 1. The van der Waals surface area contributed by atoms with Crippen LogP contribution in [0, 0.1) is 10.1 Å². The van der Waals surface area contributed by atoms with E-state index in [1.54, 1.807) is 24.3 Å². The first kappa shape index (κ1) is 23.0. The van der Waals surface area contributed by atoms with Gasteiger partial charge in [-0.25, -0.2) is 18.5 Å². The lowest BCUT2D eigenvalue weighted by Gasteiger charge is -2.12. The summed E-state index contributed by atoms with van der Waals surface area (Å²) in [7, 11) is -3.71. The summed E-state index contributed by atoms with van der Waals surface area (Å²) in [4.78, 5) is 14.9. The van der Waals surface area contributed by atoms with E-state index in [1.807, 2.05) is 0 Å². The van der Waals surface area contributed by atoms with E-state index in [1.165, 1.54) is 24.3 Å². The highest BCUT2D eigenvalue weighted by molar-refractivity contribution is 14.0. The summed E-state index contributed by atoms with van der Waals surface area (Å²) in [5.74, 6) is 0.636. The largest absolute Gasteiger partial charge is 0.354 e. The summed E-state index contributed by atoms with van der Waals surface area (Å²) in [6, 6.07) is 13.0. The van der Waals surface area contributed by atoms with Gasteiger partial charge in [0.2, 0.25) is 10.0 Å². The van der Waals surface area contributed by atoms with Crippen molar-refractivity contribution >= 4 is 45.6 Å². The molecular weight excluding hydrogens is 509 g/mol. The van der Waals surface area contributed by atoms with Crippen molar-refractivity contribution in [1.82, 2.24) is 10.6 Å². The van der Waals surface area contributed by atoms with Gasteiger partial charge in [0.05, 0.1) is 16.4 Å². The highest BCUT2D eigenvalue weighted by Crippen LogP contribution is 2.18. The molecule has 0 spiro atoms. The molecular formula is C18H22IN5O4S. The zero-order chi connectivity index (χ0) is 20.1. The molecule has 1 fully saturated rings. The molecule has 0 heterocycles. The maximum atomic E-state index is 11.3. The molecule has 29 heavy (non-hydrogen) atoms. The predicted molar refractivity (Wildman–Crippen MR) is 120 cm³/mol.